The van der Waals surface area contributed by atoms with Gasteiger partial charge in [0.25, 0.3) is 0 Å². The van der Waals surface area contributed by atoms with E-state index in [0.29, 0.717) is 19.8 Å². The highest BCUT2D eigenvalue weighted by atomic mass is 16.5. The van der Waals surface area contributed by atoms with Crippen LogP contribution in [-0.4, -0.2) is 23.4 Å². The minimum atomic E-state index is 0.431. The number of rotatable bonds is 7. The van der Waals surface area contributed by atoms with E-state index in [1.165, 1.54) is 0 Å². The molecule has 0 saturated heterocycles. The molecule has 1 aromatic heterocycles. The molecule has 0 unspecified atom stereocenters. The number of nitrogens with two attached hydrogens (primary N) is 1. The molecule has 2 aromatic carbocycles. The van der Waals surface area contributed by atoms with Gasteiger partial charge in [-0.15, -0.1) is 0 Å². The second-order valence-corrected chi connectivity index (χ2v) is 4.99. The van der Waals surface area contributed by atoms with Gasteiger partial charge in [0, 0.05) is 17.8 Å². The van der Waals surface area contributed by atoms with Gasteiger partial charge in [-0.2, -0.15) is 5.10 Å². The number of ether oxygens (including phenoxy) is 2. The Bertz CT molecular complexity index is 741. The highest BCUT2D eigenvalue weighted by Gasteiger charge is 2.09. The molecule has 3 rings (SSSR count). The Balaban J connectivity index is 1.62. The molecular weight excluding hydrogens is 290 g/mol. The van der Waals surface area contributed by atoms with E-state index in [4.69, 9.17) is 15.2 Å². The first-order chi connectivity index (χ1) is 11.4. The number of benzene rings is 2. The number of nitrogens with one attached hydrogen (secondary N) is 1. The zero-order valence-electron chi connectivity index (χ0n) is 12.7. The second kappa shape index (κ2) is 7.47. The molecule has 0 amide bonds. The Morgan fingerprint density at radius 1 is 0.913 bits per heavy atom. The summed E-state index contributed by atoms with van der Waals surface area (Å²) in [7, 11) is 0. The van der Waals surface area contributed by atoms with Crippen molar-refractivity contribution < 1.29 is 9.47 Å². The Labute approximate surface area is 135 Å². The minimum absolute atomic E-state index is 0.431. The Kier molecular flexibility index (Phi) is 4.91. The van der Waals surface area contributed by atoms with Crippen LogP contribution in [0.5, 0.6) is 11.5 Å². The quantitative estimate of drug-likeness (QED) is 0.658. The number of H-pyrrole nitrogens is 1. The molecule has 5 nitrogen and oxygen atoms in total. The average molecular weight is 309 g/mol. The van der Waals surface area contributed by atoms with Gasteiger partial charge in [0.1, 0.15) is 24.7 Å². The van der Waals surface area contributed by atoms with E-state index in [9.17, 15) is 0 Å². The van der Waals surface area contributed by atoms with Crippen LogP contribution in [-0.2, 0) is 6.54 Å². The zero-order valence-corrected chi connectivity index (χ0v) is 12.7. The van der Waals surface area contributed by atoms with E-state index >= 15 is 0 Å². The molecule has 23 heavy (non-hydrogen) atoms. The number of nitrogens with zero attached hydrogens (tertiary/aromatic N) is 1. The molecule has 0 radical (unpaired) electrons. The van der Waals surface area contributed by atoms with Crippen LogP contribution in [0.1, 0.15) is 5.69 Å². The standard InChI is InChI=1S/C18H19N3O2/c19-13-14-12-17(21-20-14)16-8-4-5-9-18(16)23-11-10-22-15-6-2-1-3-7-15/h1-9,12H,10-11,13,19H2,(H,20,21). The van der Waals surface area contributed by atoms with Crippen molar-refractivity contribution in [3.8, 4) is 22.8 Å². The molecule has 0 aliphatic rings. The molecule has 0 fully saturated rings. The maximum absolute atomic E-state index is 5.85. The van der Waals surface area contributed by atoms with E-state index in [-0.39, 0.29) is 0 Å². The smallest absolute Gasteiger partial charge is 0.128 e. The third-order valence-electron chi connectivity index (χ3n) is 3.37. The van der Waals surface area contributed by atoms with Gasteiger partial charge in [0.05, 0.1) is 5.69 Å². The van der Waals surface area contributed by atoms with Crippen LogP contribution in [0.25, 0.3) is 11.3 Å². The molecule has 118 valence electrons. The fraction of sp³-hybridized carbons (Fsp3) is 0.167. The third-order valence-corrected chi connectivity index (χ3v) is 3.37. The van der Waals surface area contributed by atoms with E-state index in [1.807, 2.05) is 60.7 Å². The van der Waals surface area contributed by atoms with Gasteiger partial charge >= 0.3 is 0 Å². The van der Waals surface area contributed by atoms with Crippen molar-refractivity contribution in [3.05, 3.63) is 66.4 Å². The van der Waals surface area contributed by atoms with Crippen molar-refractivity contribution in [3.63, 3.8) is 0 Å². The first-order valence-corrected chi connectivity index (χ1v) is 7.51. The van der Waals surface area contributed by atoms with Crippen molar-refractivity contribution in [2.45, 2.75) is 6.54 Å². The van der Waals surface area contributed by atoms with Crippen LogP contribution in [0.2, 0.25) is 0 Å². The lowest BCUT2D eigenvalue weighted by molar-refractivity contribution is 0.217. The summed E-state index contributed by atoms with van der Waals surface area (Å²) in [4.78, 5) is 0. The van der Waals surface area contributed by atoms with Crippen LogP contribution >= 0.6 is 0 Å². The predicted octanol–water partition coefficient (Wildman–Crippen LogP) is 2.99. The second-order valence-electron chi connectivity index (χ2n) is 4.99. The van der Waals surface area contributed by atoms with Crippen LogP contribution < -0.4 is 15.2 Å². The molecule has 0 aliphatic carbocycles. The first-order valence-electron chi connectivity index (χ1n) is 7.51. The van der Waals surface area contributed by atoms with Crippen LogP contribution in [0, 0.1) is 0 Å². The average Bonchev–Trinajstić information content (AvgIpc) is 3.09. The highest BCUT2D eigenvalue weighted by Crippen LogP contribution is 2.28. The largest absolute Gasteiger partial charge is 0.490 e. The van der Waals surface area contributed by atoms with Crippen molar-refractivity contribution in [2.75, 3.05) is 13.2 Å². The van der Waals surface area contributed by atoms with Crippen molar-refractivity contribution in [2.24, 2.45) is 5.73 Å². The van der Waals surface area contributed by atoms with Gasteiger partial charge in [-0.1, -0.05) is 30.3 Å². The summed E-state index contributed by atoms with van der Waals surface area (Å²) in [6.45, 7) is 1.37. The fourth-order valence-corrected chi connectivity index (χ4v) is 2.24. The molecular formula is C18H19N3O2. The lowest BCUT2D eigenvalue weighted by atomic mass is 10.1. The third kappa shape index (κ3) is 3.90. The summed E-state index contributed by atoms with van der Waals surface area (Å²) in [6, 6.07) is 19.4. The Morgan fingerprint density at radius 2 is 1.65 bits per heavy atom. The maximum Gasteiger partial charge on any atom is 0.128 e. The van der Waals surface area contributed by atoms with E-state index in [0.717, 1.165) is 28.5 Å². The molecule has 3 N–H and O–H groups in total. The Hall–Kier alpha value is -2.79. The number of hydrogen-bond acceptors (Lipinski definition) is 4. The van der Waals surface area contributed by atoms with E-state index in [1.54, 1.807) is 0 Å². The van der Waals surface area contributed by atoms with Crippen molar-refractivity contribution in [1.82, 2.24) is 10.2 Å². The predicted molar refractivity (Wildman–Crippen MR) is 89.3 cm³/mol. The molecule has 5 heteroatoms. The normalized spacial score (nSPS) is 10.5. The van der Waals surface area contributed by atoms with Gasteiger partial charge < -0.3 is 15.2 Å². The summed E-state index contributed by atoms with van der Waals surface area (Å²) in [6.07, 6.45) is 0. The summed E-state index contributed by atoms with van der Waals surface area (Å²) in [5.74, 6) is 1.61. The fourth-order valence-electron chi connectivity index (χ4n) is 2.24. The SMILES string of the molecule is NCc1cc(-c2ccccc2OCCOc2ccccc2)n[nH]1. The molecule has 3 aromatic rings. The first kappa shape index (κ1) is 15.1. The van der Waals surface area contributed by atoms with Crippen molar-refractivity contribution in [1.29, 1.82) is 0 Å². The minimum Gasteiger partial charge on any atom is -0.490 e. The monoisotopic (exact) mass is 309 g/mol. The number of aromatic nitrogens is 2. The molecule has 0 saturated carbocycles. The maximum atomic E-state index is 5.85. The summed E-state index contributed by atoms with van der Waals surface area (Å²) >= 11 is 0. The Morgan fingerprint density at radius 3 is 2.43 bits per heavy atom. The molecule has 0 bridgehead atoms. The number of hydrogen-bond donors (Lipinski definition) is 2. The topological polar surface area (TPSA) is 73.2 Å². The van der Waals surface area contributed by atoms with Gasteiger partial charge in [-0.05, 0) is 30.3 Å². The van der Waals surface area contributed by atoms with Crippen LogP contribution in [0.15, 0.2) is 60.7 Å². The van der Waals surface area contributed by atoms with E-state index in [2.05, 4.69) is 10.2 Å². The van der Waals surface area contributed by atoms with Crippen LogP contribution in [0.3, 0.4) is 0 Å². The summed E-state index contributed by atoms with van der Waals surface area (Å²) in [5, 5.41) is 7.19. The number of para-hydroxylation sites is 2. The molecule has 0 spiro atoms. The number of aromatic amines is 1. The zero-order chi connectivity index (χ0) is 15.9. The summed E-state index contributed by atoms with van der Waals surface area (Å²) < 4.78 is 11.5. The highest BCUT2D eigenvalue weighted by molar-refractivity contribution is 5.67. The molecule has 0 aliphatic heterocycles. The van der Waals surface area contributed by atoms with E-state index < -0.39 is 0 Å². The van der Waals surface area contributed by atoms with Gasteiger partial charge in [-0.25, -0.2) is 0 Å². The molecule has 0 atom stereocenters. The molecule has 1 heterocycles. The van der Waals surface area contributed by atoms with Gasteiger partial charge in [0.2, 0.25) is 0 Å². The van der Waals surface area contributed by atoms with Crippen LogP contribution in [0.4, 0.5) is 0 Å². The van der Waals surface area contributed by atoms with Gasteiger partial charge in [0.15, 0.2) is 0 Å². The van der Waals surface area contributed by atoms with Gasteiger partial charge in [-0.3, -0.25) is 5.10 Å². The summed E-state index contributed by atoms with van der Waals surface area (Å²) in [5.41, 5.74) is 8.26. The van der Waals surface area contributed by atoms with Crippen molar-refractivity contribution >= 4 is 0 Å². The lowest BCUT2D eigenvalue weighted by Crippen LogP contribution is -2.09. The lowest BCUT2D eigenvalue weighted by Gasteiger charge is -2.11.